The van der Waals surface area contributed by atoms with Crippen molar-refractivity contribution in [2.45, 2.75) is 32.5 Å². The summed E-state index contributed by atoms with van der Waals surface area (Å²) in [6, 6.07) is 0. The highest BCUT2D eigenvalue weighted by atomic mass is 16.6. The van der Waals surface area contributed by atoms with Crippen molar-refractivity contribution in [3.8, 4) is 0 Å². The monoisotopic (exact) mass is 174 g/mol. The molecule has 1 atom stereocenters. The molecule has 0 aromatic carbocycles. The smallest absolute Gasteiger partial charge is 0.407 e. The number of nitrogens with one attached hydrogen (secondary N) is 1. The van der Waals surface area contributed by atoms with Crippen LogP contribution in [0, 0.1) is 6.92 Å². The lowest BCUT2D eigenvalue weighted by molar-refractivity contribution is 0.0504. The average Bonchev–Trinajstić information content (AvgIpc) is 1.79. The van der Waals surface area contributed by atoms with Crippen LogP contribution in [0.25, 0.3) is 0 Å². The third-order valence-electron chi connectivity index (χ3n) is 0.881. The minimum Gasteiger partial charge on any atom is -0.444 e. The maximum Gasteiger partial charge on any atom is 0.407 e. The lowest BCUT2D eigenvalue weighted by Gasteiger charge is -2.19. The van der Waals surface area contributed by atoms with Gasteiger partial charge < -0.3 is 15.2 Å². The Balaban J connectivity index is 3.61. The van der Waals surface area contributed by atoms with Crippen molar-refractivity contribution in [2.75, 3.05) is 6.54 Å². The molecule has 12 heavy (non-hydrogen) atoms. The molecule has 1 radical (unpaired) electrons. The van der Waals surface area contributed by atoms with Crippen LogP contribution in [0.3, 0.4) is 0 Å². The topological polar surface area (TPSA) is 58.6 Å². The van der Waals surface area contributed by atoms with E-state index in [4.69, 9.17) is 9.84 Å². The molecule has 0 aromatic heterocycles. The molecule has 71 valence electrons. The van der Waals surface area contributed by atoms with Crippen LogP contribution in [0.4, 0.5) is 4.79 Å². The van der Waals surface area contributed by atoms with Gasteiger partial charge in [0, 0.05) is 6.54 Å². The van der Waals surface area contributed by atoms with E-state index in [2.05, 4.69) is 12.2 Å². The lowest BCUT2D eigenvalue weighted by Crippen LogP contribution is -2.36. The predicted octanol–water partition coefficient (Wildman–Crippen LogP) is 0.706. The molecule has 0 heterocycles. The van der Waals surface area contributed by atoms with Crippen LogP contribution in [0.1, 0.15) is 20.8 Å². The van der Waals surface area contributed by atoms with Gasteiger partial charge in [-0.1, -0.05) is 0 Å². The number of aliphatic hydroxyl groups is 1. The van der Waals surface area contributed by atoms with Crippen molar-refractivity contribution in [3.05, 3.63) is 6.92 Å². The molecular formula is C8H16NO3. The molecule has 0 saturated carbocycles. The third kappa shape index (κ3) is 7.34. The van der Waals surface area contributed by atoms with E-state index in [9.17, 15) is 4.79 Å². The van der Waals surface area contributed by atoms with Crippen molar-refractivity contribution < 1.29 is 14.6 Å². The number of hydrogen-bond donors (Lipinski definition) is 2. The Morgan fingerprint density at radius 2 is 2.17 bits per heavy atom. The van der Waals surface area contributed by atoms with E-state index in [1.165, 1.54) is 0 Å². The Kier molecular flexibility index (Phi) is 4.03. The minimum atomic E-state index is -0.794. The summed E-state index contributed by atoms with van der Waals surface area (Å²) in [5.41, 5.74) is -0.504. The van der Waals surface area contributed by atoms with Crippen LogP contribution in [0.15, 0.2) is 0 Å². The fourth-order valence-corrected chi connectivity index (χ4v) is 0.515. The summed E-state index contributed by atoms with van der Waals surface area (Å²) in [6.07, 6.45) is -1.33. The van der Waals surface area contributed by atoms with Gasteiger partial charge in [-0.3, -0.25) is 0 Å². The zero-order chi connectivity index (χ0) is 9.78. The maximum atomic E-state index is 10.9. The largest absolute Gasteiger partial charge is 0.444 e. The highest BCUT2D eigenvalue weighted by Gasteiger charge is 2.15. The molecule has 0 aliphatic heterocycles. The highest BCUT2D eigenvalue weighted by molar-refractivity contribution is 5.67. The molecule has 0 unspecified atom stereocenters. The summed E-state index contributed by atoms with van der Waals surface area (Å²) in [6.45, 7) is 8.71. The van der Waals surface area contributed by atoms with E-state index in [1.54, 1.807) is 20.8 Å². The number of carbonyl (C=O) groups is 1. The first-order chi connectivity index (χ1) is 5.31. The van der Waals surface area contributed by atoms with Crippen molar-refractivity contribution in [1.82, 2.24) is 5.32 Å². The molecule has 4 heteroatoms. The van der Waals surface area contributed by atoms with Gasteiger partial charge in [-0.05, 0) is 27.7 Å². The molecule has 0 bridgehead atoms. The molecule has 0 aliphatic rings. The number of alkyl carbamates (subject to hydrolysis) is 1. The van der Waals surface area contributed by atoms with E-state index in [1.807, 2.05) is 0 Å². The molecule has 0 fully saturated rings. The third-order valence-corrected chi connectivity index (χ3v) is 0.881. The molecule has 0 rings (SSSR count). The van der Waals surface area contributed by atoms with E-state index in [0.29, 0.717) is 0 Å². The van der Waals surface area contributed by atoms with Crippen molar-refractivity contribution in [2.24, 2.45) is 0 Å². The Bertz CT molecular complexity index is 149. The van der Waals surface area contributed by atoms with Crippen LogP contribution < -0.4 is 5.32 Å². The molecule has 0 spiro atoms. The standard InChI is InChI=1S/C8H16NO3/c1-6(10)5-9-7(11)12-8(2,3)4/h6,10H,1,5H2,2-4H3,(H,9,11)/t6-/m1/s1. The second kappa shape index (κ2) is 4.30. The zero-order valence-electron chi connectivity index (χ0n) is 7.76. The van der Waals surface area contributed by atoms with Crippen molar-refractivity contribution >= 4 is 6.09 Å². The number of ether oxygens (including phenoxy) is 1. The summed E-state index contributed by atoms with van der Waals surface area (Å²) in [5, 5.41) is 11.1. The summed E-state index contributed by atoms with van der Waals surface area (Å²) >= 11 is 0. The maximum absolute atomic E-state index is 10.9. The van der Waals surface area contributed by atoms with Crippen LogP contribution in [-0.2, 0) is 4.74 Å². The van der Waals surface area contributed by atoms with Gasteiger partial charge in [0.15, 0.2) is 0 Å². The van der Waals surface area contributed by atoms with Gasteiger partial charge in [0.1, 0.15) is 5.60 Å². The molecule has 2 N–H and O–H groups in total. The Morgan fingerprint density at radius 1 is 1.67 bits per heavy atom. The molecule has 1 amide bonds. The van der Waals surface area contributed by atoms with Gasteiger partial charge in [0.2, 0.25) is 0 Å². The highest BCUT2D eigenvalue weighted by Crippen LogP contribution is 2.06. The fraction of sp³-hybridized carbons (Fsp3) is 0.750. The van der Waals surface area contributed by atoms with Crippen LogP contribution >= 0.6 is 0 Å². The van der Waals surface area contributed by atoms with Crippen LogP contribution in [0.5, 0.6) is 0 Å². The predicted molar refractivity (Wildman–Crippen MR) is 45.6 cm³/mol. The number of hydrogen-bond acceptors (Lipinski definition) is 3. The van der Waals surface area contributed by atoms with Gasteiger partial charge in [-0.2, -0.15) is 0 Å². The quantitative estimate of drug-likeness (QED) is 0.648. The van der Waals surface area contributed by atoms with Crippen molar-refractivity contribution in [3.63, 3.8) is 0 Å². The second-order valence-electron chi connectivity index (χ2n) is 3.54. The van der Waals surface area contributed by atoms with Gasteiger partial charge >= 0.3 is 6.09 Å². The summed E-state index contributed by atoms with van der Waals surface area (Å²) < 4.78 is 4.90. The van der Waals surface area contributed by atoms with Gasteiger partial charge in [-0.15, -0.1) is 0 Å². The number of carbonyl (C=O) groups excluding carboxylic acids is 1. The summed E-state index contributed by atoms with van der Waals surface area (Å²) in [7, 11) is 0. The Morgan fingerprint density at radius 3 is 2.50 bits per heavy atom. The molecule has 0 saturated heterocycles. The first-order valence-corrected chi connectivity index (χ1v) is 3.79. The first-order valence-electron chi connectivity index (χ1n) is 3.79. The molecular weight excluding hydrogens is 158 g/mol. The summed E-state index contributed by atoms with van der Waals surface area (Å²) in [4.78, 5) is 10.9. The number of amides is 1. The SMILES string of the molecule is [CH2][C@@H](O)CNC(=O)OC(C)(C)C. The van der Waals surface area contributed by atoms with Crippen molar-refractivity contribution in [1.29, 1.82) is 0 Å². The second-order valence-corrected chi connectivity index (χ2v) is 3.54. The fourth-order valence-electron chi connectivity index (χ4n) is 0.515. The lowest BCUT2D eigenvalue weighted by atomic mass is 10.2. The van der Waals surface area contributed by atoms with Crippen LogP contribution in [-0.4, -0.2) is 29.4 Å². The van der Waals surface area contributed by atoms with E-state index >= 15 is 0 Å². The van der Waals surface area contributed by atoms with E-state index in [0.717, 1.165) is 0 Å². The van der Waals surface area contributed by atoms with E-state index in [-0.39, 0.29) is 6.54 Å². The number of aliphatic hydroxyl groups excluding tert-OH is 1. The minimum absolute atomic E-state index is 0.106. The molecule has 0 aromatic rings. The van der Waals surface area contributed by atoms with Crippen LogP contribution in [0.2, 0.25) is 0 Å². The molecule has 0 aliphatic carbocycles. The summed E-state index contributed by atoms with van der Waals surface area (Å²) in [5.74, 6) is 0. The Hall–Kier alpha value is -0.770. The zero-order valence-corrected chi connectivity index (χ0v) is 7.76. The first kappa shape index (κ1) is 11.2. The normalized spacial score (nSPS) is 13.8. The Labute approximate surface area is 72.9 Å². The van der Waals surface area contributed by atoms with Gasteiger partial charge in [-0.25, -0.2) is 4.79 Å². The average molecular weight is 174 g/mol. The number of rotatable bonds is 2. The van der Waals surface area contributed by atoms with Gasteiger partial charge in [0.25, 0.3) is 0 Å². The van der Waals surface area contributed by atoms with E-state index < -0.39 is 17.8 Å². The van der Waals surface area contributed by atoms with Gasteiger partial charge in [0.05, 0.1) is 6.10 Å². The molecule has 4 nitrogen and oxygen atoms in total.